The lowest BCUT2D eigenvalue weighted by Gasteiger charge is -2.08. The lowest BCUT2D eigenvalue weighted by Crippen LogP contribution is -2.14. The van der Waals surface area contributed by atoms with Crippen LogP contribution in [0.3, 0.4) is 0 Å². The first-order valence-corrected chi connectivity index (χ1v) is 7.12. The van der Waals surface area contributed by atoms with Crippen molar-refractivity contribution in [1.82, 2.24) is 0 Å². The summed E-state index contributed by atoms with van der Waals surface area (Å²) in [6.07, 6.45) is 2.64. The largest absolute Gasteiger partial charge is 0.449 e. The van der Waals surface area contributed by atoms with Crippen LogP contribution >= 0.6 is 11.3 Å². The van der Waals surface area contributed by atoms with Crippen molar-refractivity contribution in [2.24, 2.45) is 5.92 Å². The van der Waals surface area contributed by atoms with Gasteiger partial charge >= 0.3 is 6.09 Å². The molecular formula is C14H21NO2S. The van der Waals surface area contributed by atoms with E-state index in [-0.39, 0.29) is 6.09 Å². The van der Waals surface area contributed by atoms with E-state index in [1.807, 2.05) is 18.4 Å². The molecule has 1 N–H and O–H groups in total. The number of hydrogen-bond acceptors (Lipinski definition) is 3. The van der Waals surface area contributed by atoms with Gasteiger partial charge in [-0.1, -0.05) is 26.8 Å². The van der Waals surface area contributed by atoms with Crippen LogP contribution in [0.15, 0.2) is 17.5 Å². The standard InChI is InChI=1S/C14H21NO2S/c1-5-7-17-14(16)15-12-6-8-18-13(12)11(4)9-10(2)3/h6,8-10H,5,7H2,1-4H3,(H,15,16)/b11-9-. The predicted molar refractivity (Wildman–Crippen MR) is 78.1 cm³/mol. The highest BCUT2D eigenvalue weighted by atomic mass is 32.1. The van der Waals surface area contributed by atoms with Gasteiger partial charge in [0.1, 0.15) is 0 Å². The van der Waals surface area contributed by atoms with Crippen LogP contribution in [0.2, 0.25) is 0 Å². The molecule has 4 heteroatoms. The summed E-state index contributed by atoms with van der Waals surface area (Å²) >= 11 is 1.63. The number of thiophene rings is 1. The van der Waals surface area contributed by atoms with Gasteiger partial charge in [-0.3, -0.25) is 5.32 Å². The SMILES string of the molecule is CCCOC(=O)Nc1ccsc1/C(C)=C\C(C)C. The number of allylic oxidation sites excluding steroid dienone is 2. The maximum atomic E-state index is 11.5. The Hall–Kier alpha value is -1.29. The predicted octanol–water partition coefficient (Wildman–Crippen LogP) is 4.77. The van der Waals surface area contributed by atoms with E-state index in [4.69, 9.17) is 4.74 Å². The van der Waals surface area contributed by atoms with Gasteiger partial charge in [-0.25, -0.2) is 4.79 Å². The Morgan fingerprint density at radius 3 is 2.89 bits per heavy atom. The average molecular weight is 267 g/mol. The summed E-state index contributed by atoms with van der Waals surface area (Å²) in [6.45, 7) is 8.76. The van der Waals surface area contributed by atoms with Gasteiger partial charge in [-0.15, -0.1) is 11.3 Å². The van der Waals surface area contributed by atoms with Crippen molar-refractivity contribution in [1.29, 1.82) is 0 Å². The Kier molecular flexibility index (Phi) is 5.92. The van der Waals surface area contributed by atoms with E-state index in [9.17, 15) is 4.79 Å². The maximum absolute atomic E-state index is 11.5. The van der Waals surface area contributed by atoms with E-state index in [1.165, 1.54) is 5.57 Å². The highest BCUT2D eigenvalue weighted by Crippen LogP contribution is 2.30. The van der Waals surface area contributed by atoms with Gasteiger partial charge in [0, 0.05) is 0 Å². The van der Waals surface area contributed by atoms with Crippen molar-refractivity contribution in [2.45, 2.75) is 34.1 Å². The molecule has 0 saturated carbocycles. The summed E-state index contributed by atoms with van der Waals surface area (Å²) in [5, 5.41) is 4.76. The monoisotopic (exact) mass is 267 g/mol. The van der Waals surface area contributed by atoms with Gasteiger partial charge in [0.25, 0.3) is 0 Å². The molecule has 0 aliphatic heterocycles. The van der Waals surface area contributed by atoms with E-state index < -0.39 is 0 Å². The molecule has 18 heavy (non-hydrogen) atoms. The van der Waals surface area contributed by atoms with Crippen molar-refractivity contribution >= 4 is 28.7 Å². The molecule has 1 heterocycles. The summed E-state index contributed by atoms with van der Waals surface area (Å²) in [5.41, 5.74) is 2.02. The molecule has 0 saturated heterocycles. The molecule has 0 spiro atoms. The van der Waals surface area contributed by atoms with E-state index >= 15 is 0 Å². The zero-order chi connectivity index (χ0) is 13.5. The fourth-order valence-corrected chi connectivity index (χ4v) is 2.47. The fraction of sp³-hybridized carbons (Fsp3) is 0.500. The highest BCUT2D eigenvalue weighted by molar-refractivity contribution is 7.11. The van der Waals surface area contributed by atoms with Crippen LogP contribution in [0.25, 0.3) is 5.57 Å². The van der Waals surface area contributed by atoms with Gasteiger partial charge in [-0.05, 0) is 36.3 Å². The Morgan fingerprint density at radius 2 is 2.28 bits per heavy atom. The molecule has 1 aromatic rings. The van der Waals surface area contributed by atoms with Crippen LogP contribution in [0.1, 0.15) is 39.0 Å². The number of hydrogen-bond donors (Lipinski definition) is 1. The number of rotatable bonds is 5. The molecule has 0 radical (unpaired) electrons. The second-order valence-corrected chi connectivity index (χ2v) is 5.43. The van der Waals surface area contributed by atoms with Gasteiger partial charge in [0.15, 0.2) is 0 Å². The first kappa shape index (κ1) is 14.8. The molecular weight excluding hydrogens is 246 g/mol. The molecule has 3 nitrogen and oxygen atoms in total. The Balaban J connectivity index is 2.74. The third-order valence-electron chi connectivity index (χ3n) is 2.28. The van der Waals surface area contributed by atoms with Gasteiger partial charge in [0.05, 0.1) is 17.2 Å². The number of carbonyl (C=O) groups excluding carboxylic acids is 1. The molecule has 0 unspecified atom stereocenters. The number of carbonyl (C=O) groups is 1. The first-order valence-electron chi connectivity index (χ1n) is 6.24. The van der Waals surface area contributed by atoms with Crippen LogP contribution in [-0.4, -0.2) is 12.7 Å². The number of anilines is 1. The summed E-state index contributed by atoms with van der Waals surface area (Å²) in [7, 11) is 0. The molecule has 1 aromatic heterocycles. The van der Waals surface area contributed by atoms with E-state index in [2.05, 4.69) is 32.2 Å². The van der Waals surface area contributed by atoms with Gasteiger partial charge in [0.2, 0.25) is 0 Å². The second kappa shape index (κ2) is 7.21. The van der Waals surface area contributed by atoms with Gasteiger partial charge in [-0.2, -0.15) is 0 Å². The zero-order valence-electron chi connectivity index (χ0n) is 11.4. The molecule has 0 fully saturated rings. The molecule has 0 bridgehead atoms. The molecule has 1 amide bonds. The smallest absolute Gasteiger partial charge is 0.411 e. The minimum atomic E-state index is -0.381. The summed E-state index contributed by atoms with van der Waals surface area (Å²) in [5.74, 6) is 0.493. The van der Waals surface area contributed by atoms with E-state index in [0.29, 0.717) is 12.5 Å². The molecule has 0 aliphatic carbocycles. The molecule has 0 aliphatic rings. The van der Waals surface area contributed by atoms with Crippen molar-refractivity contribution in [3.63, 3.8) is 0 Å². The second-order valence-electron chi connectivity index (χ2n) is 4.52. The van der Waals surface area contributed by atoms with E-state index in [1.54, 1.807) is 11.3 Å². The summed E-state index contributed by atoms with van der Waals surface area (Å²) < 4.78 is 5.02. The number of ether oxygens (including phenoxy) is 1. The Morgan fingerprint density at radius 1 is 1.56 bits per heavy atom. The lowest BCUT2D eigenvalue weighted by molar-refractivity contribution is 0.161. The van der Waals surface area contributed by atoms with Gasteiger partial charge < -0.3 is 4.74 Å². The minimum Gasteiger partial charge on any atom is -0.449 e. The number of nitrogens with one attached hydrogen (secondary N) is 1. The zero-order valence-corrected chi connectivity index (χ0v) is 12.3. The van der Waals surface area contributed by atoms with Crippen molar-refractivity contribution in [3.8, 4) is 0 Å². The molecule has 0 aromatic carbocycles. The number of amides is 1. The minimum absolute atomic E-state index is 0.381. The van der Waals surface area contributed by atoms with Crippen molar-refractivity contribution in [3.05, 3.63) is 22.4 Å². The van der Waals surface area contributed by atoms with Crippen LogP contribution in [0.5, 0.6) is 0 Å². The average Bonchev–Trinajstić information content (AvgIpc) is 2.73. The van der Waals surface area contributed by atoms with Crippen molar-refractivity contribution in [2.75, 3.05) is 11.9 Å². The molecule has 1 rings (SSSR count). The maximum Gasteiger partial charge on any atom is 0.411 e. The normalized spacial score (nSPS) is 11.7. The third kappa shape index (κ3) is 4.53. The van der Waals surface area contributed by atoms with Crippen LogP contribution < -0.4 is 5.32 Å². The third-order valence-corrected chi connectivity index (χ3v) is 3.33. The summed E-state index contributed by atoms with van der Waals surface area (Å²) in [6, 6.07) is 1.91. The van der Waals surface area contributed by atoms with E-state index in [0.717, 1.165) is 17.0 Å². The fourth-order valence-electron chi connectivity index (χ4n) is 1.63. The van der Waals surface area contributed by atoms with Crippen LogP contribution in [0.4, 0.5) is 10.5 Å². The quantitative estimate of drug-likeness (QED) is 0.834. The van der Waals surface area contributed by atoms with Crippen LogP contribution in [0, 0.1) is 5.92 Å². The molecule has 0 atom stereocenters. The first-order chi connectivity index (χ1) is 8.54. The summed E-state index contributed by atoms with van der Waals surface area (Å²) in [4.78, 5) is 12.6. The Labute approximate surface area is 113 Å². The van der Waals surface area contributed by atoms with Crippen LogP contribution in [-0.2, 0) is 4.74 Å². The van der Waals surface area contributed by atoms with Crippen molar-refractivity contribution < 1.29 is 9.53 Å². The Bertz CT molecular complexity index is 421. The topological polar surface area (TPSA) is 38.3 Å². The highest BCUT2D eigenvalue weighted by Gasteiger charge is 2.10. The molecule has 100 valence electrons. The lowest BCUT2D eigenvalue weighted by atomic mass is 10.1.